The number of fused-ring (bicyclic) bond motifs is 1. The van der Waals surface area contributed by atoms with Gasteiger partial charge in [-0.25, -0.2) is 8.42 Å². The molecule has 25 heavy (non-hydrogen) atoms. The van der Waals surface area contributed by atoms with Gasteiger partial charge in [-0.1, -0.05) is 42.5 Å². The van der Waals surface area contributed by atoms with E-state index in [0.29, 0.717) is 11.2 Å². The van der Waals surface area contributed by atoms with Crippen LogP contribution >= 0.6 is 11.3 Å². The molecule has 0 atom stereocenters. The van der Waals surface area contributed by atoms with Crippen LogP contribution in [0.25, 0.3) is 10.2 Å². The van der Waals surface area contributed by atoms with Crippen LogP contribution in [0.2, 0.25) is 0 Å². The molecule has 0 aliphatic heterocycles. The molecule has 0 aliphatic rings. The van der Waals surface area contributed by atoms with E-state index in [4.69, 9.17) is 0 Å². The molecule has 1 heterocycles. The molecule has 0 N–H and O–H groups in total. The lowest BCUT2D eigenvalue weighted by Crippen LogP contribution is -2.16. The Morgan fingerprint density at radius 2 is 1.80 bits per heavy atom. The van der Waals surface area contributed by atoms with Gasteiger partial charge in [-0.3, -0.25) is 4.79 Å². The smallest absolute Gasteiger partial charge is 0.280 e. The molecule has 0 fully saturated rings. The second kappa shape index (κ2) is 6.93. The van der Waals surface area contributed by atoms with Gasteiger partial charge in [0.2, 0.25) is 0 Å². The summed E-state index contributed by atoms with van der Waals surface area (Å²) in [6, 6.07) is 14.0. The molecule has 1 aromatic heterocycles. The number of nitrogens with zero attached hydrogens (tertiary/aromatic N) is 2. The fraction of sp³-hybridized carbons (Fsp3) is 0.222. The molecular weight excluding hydrogens is 356 g/mol. The number of hydrogen-bond donors (Lipinski definition) is 0. The van der Waals surface area contributed by atoms with Crippen LogP contribution in [-0.2, 0) is 16.9 Å². The molecule has 1 amide bonds. The predicted octanol–water partition coefficient (Wildman–Crippen LogP) is 3.16. The molecule has 0 unspecified atom stereocenters. The van der Waals surface area contributed by atoms with Gasteiger partial charge in [0.05, 0.1) is 26.4 Å². The van der Waals surface area contributed by atoms with Gasteiger partial charge in [0.25, 0.3) is 5.91 Å². The van der Waals surface area contributed by atoms with Crippen molar-refractivity contribution in [1.29, 1.82) is 0 Å². The van der Waals surface area contributed by atoms with Crippen LogP contribution in [0.1, 0.15) is 23.7 Å². The van der Waals surface area contributed by atoms with E-state index in [9.17, 15) is 13.2 Å². The summed E-state index contributed by atoms with van der Waals surface area (Å²) in [5.41, 5.74) is 1.10. The maximum atomic E-state index is 12.7. The van der Waals surface area contributed by atoms with Crippen molar-refractivity contribution >= 4 is 37.3 Å². The van der Waals surface area contributed by atoms with Crippen molar-refractivity contribution in [3.05, 3.63) is 58.9 Å². The number of thiazole rings is 1. The fourth-order valence-corrected chi connectivity index (χ4v) is 5.18. The van der Waals surface area contributed by atoms with Gasteiger partial charge >= 0.3 is 0 Å². The number of benzene rings is 2. The van der Waals surface area contributed by atoms with Crippen LogP contribution in [0.5, 0.6) is 0 Å². The summed E-state index contributed by atoms with van der Waals surface area (Å²) in [4.78, 5) is 17.4. The third-order valence-electron chi connectivity index (χ3n) is 3.84. The Bertz CT molecular complexity index is 1110. The Hall–Kier alpha value is -2.25. The molecule has 5 nitrogen and oxygen atoms in total. The normalized spacial score (nSPS) is 12.6. The summed E-state index contributed by atoms with van der Waals surface area (Å²) >= 11 is 1.40. The van der Waals surface area contributed by atoms with Crippen molar-refractivity contribution in [2.75, 3.05) is 5.75 Å². The quantitative estimate of drug-likeness (QED) is 0.704. The number of rotatable bonds is 4. The highest BCUT2D eigenvalue weighted by atomic mass is 32.2. The number of amides is 1. The van der Waals surface area contributed by atoms with E-state index in [1.165, 1.54) is 23.5 Å². The number of hydrogen-bond acceptors (Lipinski definition) is 4. The van der Waals surface area contributed by atoms with Crippen molar-refractivity contribution < 1.29 is 13.2 Å². The van der Waals surface area contributed by atoms with Gasteiger partial charge in [-0.15, -0.1) is 0 Å². The maximum absolute atomic E-state index is 12.7. The molecule has 0 saturated carbocycles. The summed E-state index contributed by atoms with van der Waals surface area (Å²) in [5, 5.41) is 0. The van der Waals surface area contributed by atoms with Crippen LogP contribution in [0.4, 0.5) is 0 Å². The number of aromatic nitrogens is 1. The van der Waals surface area contributed by atoms with Crippen LogP contribution in [0.15, 0.2) is 58.4 Å². The highest BCUT2D eigenvalue weighted by Crippen LogP contribution is 2.19. The average molecular weight is 374 g/mol. The van der Waals surface area contributed by atoms with E-state index in [1.807, 2.05) is 35.9 Å². The molecule has 2 aromatic carbocycles. The lowest BCUT2D eigenvalue weighted by atomic mass is 10.2. The van der Waals surface area contributed by atoms with Crippen molar-refractivity contribution in [1.82, 2.24) is 4.57 Å². The molecule has 7 heteroatoms. The summed E-state index contributed by atoms with van der Waals surface area (Å²) in [5.74, 6) is -0.536. The summed E-state index contributed by atoms with van der Waals surface area (Å²) < 4.78 is 27.7. The zero-order valence-corrected chi connectivity index (χ0v) is 15.6. The Kier molecular flexibility index (Phi) is 4.87. The van der Waals surface area contributed by atoms with Gasteiger partial charge in [0.15, 0.2) is 14.6 Å². The first kappa shape index (κ1) is 17.6. The molecule has 3 rings (SSSR count). The fourth-order valence-electron chi connectivity index (χ4n) is 2.63. The summed E-state index contributed by atoms with van der Waals surface area (Å²) in [7, 11) is -1.66. The van der Waals surface area contributed by atoms with E-state index in [1.54, 1.807) is 19.1 Å². The Morgan fingerprint density at radius 1 is 1.12 bits per heavy atom. The van der Waals surface area contributed by atoms with Crippen LogP contribution in [-0.4, -0.2) is 24.6 Å². The van der Waals surface area contributed by atoms with Crippen molar-refractivity contribution in [2.24, 2.45) is 12.0 Å². The van der Waals surface area contributed by atoms with E-state index in [2.05, 4.69) is 4.99 Å². The van der Waals surface area contributed by atoms with Gasteiger partial charge in [0, 0.05) is 7.05 Å². The minimum Gasteiger partial charge on any atom is -0.319 e. The SMILES string of the molecule is CCCS(=O)(=O)c1ccccc1C(=O)N=c1sc2ccccc2n1C. The number of para-hydroxylation sites is 1. The maximum Gasteiger partial charge on any atom is 0.280 e. The first-order valence-corrected chi connectivity index (χ1v) is 10.4. The second-order valence-corrected chi connectivity index (χ2v) is 8.73. The van der Waals surface area contributed by atoms with Crippen molar-refractivity contribution in [3.63, 3.8) is 0 Å². The standard InChI is InChI=1S/C18H18N2O3S2/c1-3-12-25(22,23)16-11-7-4-8-13(16)17(21)19-18-20(2)14-9-5-6-10-15(14)24-18/h4-11H,3,12H2,1-2H3. The summed E-state index contributed by atoms with van der Waals surface area (Å²) in [6.07, 6.45) is 0.493. The van der Waals surface area contributed by atoms with Gasteiger partial charge in [-0.05, 0) is 30.7 Å². The zero-order chi connectivity index (χ0) is 18.0. The third-order valence-corrected chi connectivity index (χ3v) is 6.92. The van der Waals surface area contributed by atoms with Crippen LogP contribution < -0.4 is 4.80 Å². The monoisotopic (exact) mass is 374 g/mol. The number of aryl methyl sites for hydroxylation is 1. The number of carbonyl (C=O) groups excluding carboxylic acids is 1. The van der Waals surface area contributed by atoms with E-state index in [-0.39, 0.29) is 16.2 Å². The molecule has 0 spiro atoms. The van der Waals surface area contributed by atoms with E-state index >= 15 is 0 Å². The van der Waals surface area contributed by atoms with Gasteiger partial charge in [0.1, 0.15) is 0 Å². The van der Waals surface area contributed by atoms with Crippen molar-refractivity contribution in [3.8, 4) is 0 Å². The minimum atomic E-state index is -3.50. The topological polar surface area (TPSA) is 68.5 Å². The van der Waals surface area contributed by atoms with Gasteiger partial charge in [-0.2, -0.15) is 4.99 Å². The molecule has 0 bridgehead atoms. The Balaban J connectivity index is 2.12. The lowest BCUT2D eigenvalue weighted by Gasteiger charge is -2.06. The lowest BCUT2D eigenvalue weighted by molar-refractivity contribution is 0.0995. The molecular formula is C18H18N2O3S2. The molecule has 130 valence electrons. The predicted molar refractivity (Wildman–Crippen MR) is 99.5 cm³/mol. The third kappa shape index (κ3) is 3.43. The van der Waals surface area contributed by atoms with Crippen LogP contribution in [0.3, 0.4) is 0 Å². The number of carbonyl (C=O) groups is 1. The largest absolute Gasteiger partial charge is 0.319 e. The van der Waals surface area contributed by atoms with Crippen LogP contribution in [0, 0.1) is 0 Å². The molecule has 0 aliphatic carbocycles. The highest BCUT2D eigenvalue weighted by molar-refractivity contribution is 7.91. The first-order valence-electron chi connectivity index (χ1n) is 7.89. The van der Waals surface area contributed by atoms with Gasteiger partial charge < -0.3 is 4.57 Å². The second-order valence-electron chi connectivity index (χ2n) is 5.64. The Morgan fingerprint density at radius 3 is 2.52 bits per heavy atom. The Labute approximate surface area is 150 Å². The minimum absolute atomic E-state index is 0.00790. The first-order chi connectivity index (χ1) is 11.9. The molecule has 0 saturated heterocycles. The molecule has 3 aromatic rings. The van der Waals surface area contributed by atoms with E-state index < -0.39 is 15.7 Å². The summed E-state index contributed by atoms with van der Waals surface area (Å²) in [6.45, 7) is 1.80. The highest BCUT2D eigenvalue weighted by Gasteiger charge is 2.21. The number of sulfone groups is 1. The zero-order valence-electron chi connectivity index (χ0n) is 14.0. The average Bonchev–Trinajstić information content (AvgIpc) is 2.91. The van der Waals surface area contributed by atoms with E-state index in [0.717, 1.165) is 10.2 Å². The van der Waals surface area contributed by atoms with Crippen molar-refractivity contribution in [2.45, 2.75) is 18.2 Å². The molecule has 0 radical (unpaired) electrons.